The summed E-state index contributed by atoms with van der Waals surface area (Å²) in [6.45, 7) is 3.19. The first kappa shape index (κ1) is 17.5. The normalized spacial score (nSPS) is 15.4. The van der Waals surface area contributed by atoms with E-state index in [0.29, 0.717) is 18.7 Å². The van der Waals surface area contributed by atoms with Gasteiger partial charge in [-0.3, -0.25) is 4.79 Å². The van der Waals surface area contributed by atoms with Gasteiger partial charge in [0.15, 0.2) is 0 Å². The fraction of sp³-hybridized carbons (Fsp3) is 0.227. The van der Waals surface area contributed by atoms with Gasteiger partial charge in [-0.1, -0.05) is 24.3 Å². The molecule has 5 heteroatoms. The van der Waals surface area contributed by atoms with Gasteiger partial charge in [0.25, 0.3) is 5.56 Å². The van der Waals surface area contributed by atoms with E-state index in [0.717, 1.165) is 28.9 Å². The van der Waals surface area contributed by atoms with Crippen molar-refractivity contribution in [2.24, 2.45) is 0 Å². The lowest BCUT2D eigenvalue weighted by atomic mass is 10.1. The van der Waals surface area contributed by atoms with Gasteiger partial charge < -0.3 is 15.0 Å². The molecule has 1 aliphatic heterocycles. The molecule has 138 valence electrons. The van der Waals surface area contributed by atoms with Crippen molar-refractivity contribution in [1.82, 2.24) is 10.3 Å². The van der Waals surface area contributed by atoms with Crippen LogP contribution < -0.4 is 15.6 Å². The van der Waals surface area contributed by atoms with E-state index in [1.807, 2.05) is 18.2 Å². The molecular formula is C22H21FN2O2. The van der Waals surface area contributed by atoms with Gasteiger partial charge in [-0.25, -0.2) is 4.39 Å². The van der Waals surface area contributed by atoms with Gasteiger partial charge in [0.2, 0.25) is 0 Å². The molecule has 4 rings (SSSR count). The summed E-state index contributed by atoms with van der Waals surface area (Å²) >= 11 is 0. The Labute approximate surface area is 157 Å². The molecule has 4 nitrogen and oxygen atoms in total. The van der Waals surface area contributed by atoms with Crippen LogP contribution in [0.3, 0.4) is 0 Å². The van der Waals surface area contributed by atoms with Crippen LogP contribution in [-0.2, 0) is 19.5 Å². The van der Waals surface area contributed by atoms with Gasteiger partial charge >= 0.3 is 0 Å². The molecule has 0 radical (unpaired) electrons. The lowest BCUT2D eigenvalue weighted by Gasteiger charge is -2.08. The quantitative estimate of drug-likeness (QED) is 0.724. The molecule has 2 aromatic carbocycles. The van der Waals surface area contributed by atoms with E-state index < -0.39 is 0 Å². The van der Waals surface area contributed by atoms with Crippen molar-refractivity contribution in [1.29, 1.82) is 0 Å². The number of benzene rings is 2. The minimum atomic E-state index is -0.279. The molecule has 0 amide bonds. The van der Waals surface area contributed by atoms with E-state index in [9.17, 15) is 9.18 Å². The number of aromatic nitrogens is 1. The lowest BCUT2D eigenvalue weighted by molar-refractivity contribution is 0.254. The van der Waals surface area contributed by atoms with Gasteiger partial charge in [-0.05, 0) is 53.4 Å². The van der Waals surface area contributed by atoms with E-state index in [2.05, 4.69) is 23.3 Å². The fourth-order valence-electron chi connectivity index (χ4n) is 3.40. The van der Waals surface area contributed by atoms with Crippen LogP contribution in [0, 0.1) is 5.82 Å². The minimum absolute atomic E-state index is 0.121. The Morgan fingerprint density at radius 1 is 1.11 bits per heavy atom. The van der Waals surface area contributed by atoms with Crippen LogP contribution in [0.25, 0.3) is 11.1 Å². The van der Waals surface area contributed by atoms with Crippen LogP contribution in [0.2, 0.25) is 0 Å². The van der Waals surface area contributed by atoms with Crippen LogP contribution in [0.4, 0.5) is 4.39 Å². The maximum atomic E-state index is 13.1. The maximum absolute atomic E-state index is 13.1. The van der Waals surface area contributed by atoms with Crippen LogP contribution >= 0.6 is 0 Å². The summed E-state index contributed by atoms with van der Waals surface area (Å²) in [4.78, 5) is 14.9. The molecule has 1 aliphatic rings. The summed E-state index contributed by atoms with van der Waals surface area (Å²) in [7, 11) is 0. The second-order valence-corrected chi connectivity index (χ2v) is 6.93. The van der Waals surface area contributed by atoms with Crippen molar-refractivity contribution in [2.75, 3.05) is 0 Å². The average molecular weight is 364 g/mol. The molecule has 27 heavy (non-hydrogen) atoms. The van der Waals surface area contributed by atoms with Gasteiger partial charge in [0.1, 0.15) is 17.7 Å². The summed E-state index contributed by atoms with van der Waals surface area (Å²) in [5.74, 6) is 0.689. The molecular weight excluding hydrogens is 343 g/mol. The van der Waals surface area contributed by atoms with Crippen molar-refractivity contribution in [3.63, 3.8) is 0 Å². The van der Waals surface area contributed by atoms with Crippen LogP contribution in [0.1, 0.15) is 23.6 Å². The molecule has 2 N–H and O–H groups in total. The van der Waals surface area contributed by atoms with Gasteiger partial charge in [0.05, 0.1) is 0 Å². The molecule has 0 fully saturated rings. The van der Waals surface area contributed by atoms with Crippen molar-refractivity contribution >= 4 is 0 Å². The van der Waals surface area contributed by atoms with E-state index in [1.54, 1.807) is 18.3 Å². The molecule has 0 saturated carbocycles. The highest BCUT2D eigenvalue weighted by Crippen LogP contribution is 2.29. The summed E-state index contributed by atoms with van der Waals surface area (Å²) in [6.07, 6.45) is 2.82. The number of H-pyrrole nitrogens is 1. The zero-order valence-corrected chi connectivity index (χ0v) is 15.1. The summed E-state index contributed by atoms with van der Waals surface area (Å²) in [5, 5.41) is 3.33. The third kappa shape index (κ3) is 3.93. The predicted molar refractivity (Wildman–Crippen MR) is 103 cm³/mol. The SMILES string of the molecule is C[C@@H]1Cc2cc(CNCc3cc(-c4ccc(F)cc4)c[nH]c3=O)ccc2O1. The second kappa shape index (κ2) is 7.37. The number of pyridine rings is 1. The smallest absolute Gasteiger partial charge is 0.252 e. The average Bonchev–Trinajstić information content (AvgIpc) is 3.03. The Morgan fingerprint density at radius 2 is 1.93 bits per heavy atom. The van der Waals surface area contributed by atoms with E-state index in [-0.39, 0.29) is 17.5 Å². The number of fused-ring (bicyclic) bond motifs is 1. The zero-order chi connectivity index (χ0) is 18.8. The second-order valence-electron chi connectivity index (χ2n) is 6.93. The third-order valence-electron chi connectivity index (χ3n) is 4.76. The Kier molecular flexibility index (Phi) is 4.77. The highest BCUT2D eigenvalue weighted by molar-refractivity contribution is 5.62. The number of ether oxygens (including phenoxy) is 1. The molecule has 1 atom stereocenters. The summed E-state index contributed by atoms with van der Waals surface area (Å²) in [5.41, 5.74) is 4.65. The van der Waals surface area contributed by atoms with Crippen LogP contribution in [-0.4, -0.2) is 11.1 Å². The van der Waals surface area contributed by atoms with Crippen molar-refractivity contribution in [3.8, 4) is 16.9 Å². The molecule has 0 bridgehead atoms. The molecule has 3 aromatic rings. The molecule has 0 spiro atoms. The third-order valence-corrected chi connectivity index (χ3v) is 4.76. The number of aromatic amines is 1. The minimum Gasteiger partial charge on any atom is -0.490 e. The van der Waals surface area contributed by atoms with Gasteiger partial charge in [0, 0.05) is 31.3 Å². The number of halogens is 1. The highest BCUT2D eigenvalue weighted by Gasteiger charge is 2.18. The molecule has 0 unspecified atom stereocenters. The summed E-state index contributed by atoms with van der Waals surface area (Å²) in [6, 6.07) is 14.3. The first-order chi connectivity index (χ1) is 13.1. The largest absolute Gasteiger partial charge is 0.490 e. The molecule has 1 aromatic heterocycles. The number of rotatable bonds is 5. The molecule has 0 aliphatic carbocycles. The lowest BCUT2D eigenvalue weighted by Crippen LogP contribution is -2.20. The monoisotopic (exact) mass is 364 g/mol. The first-order valence-electron chi connectivity index (χ1n) is 9.05. The number of hydrogen-bond acceptors (Lipinski definition) is 3. The Hall–Kier alpha value is -2.92. The van der Waals surface area contributed by atoms with E-state index in [4.69, 9.17) is 4.74 Å². The van der Waals surface area contributed by atoms with Crippen LogP contribution in [0.15, 0.2) is 59.5 Å². The highest BCUT2D eigenvalue weighted by atomic mass is 19.1. The van der Waals surface area contributed by atoms with Crippen molar-refractivity contribution in [2.45, 2.75) is 32.5 Å². The Bertz CT molecular complexity index is 1010. The standard InChI is InChI=1S/C22H21FN2O2/c1-14-8-17-9-15(2-7-21(17)27-14)11-24-12-19-10-18(13-25-22(19)26)16-3-5-20(23)6-4-16/h2-7,9-10,13-14,24H,8,11-12H2,1H3,(H,25,26)/t14-/m1/s1. The van der Waals surface area contributed by atoms with E-state index in [1.165, 1.54) is 17.7 Å². The predicted octanol–water partition coefficient (Wildman–Crippen LogP) is 3.79. The van der Waals surface area contributed by atoms with Gasteiger partial charge in [-0.15, -0.1) is 0 Å². The van der Waals surface area contributed by atoms with Gasteiger partial charge in [-0.2, -0.15) is 0 Å². The topological polar surface area (TPSA) is 54.1 Å². The van der Waals surface area contributed by atoms with Crippen molar-refractivity contribution in [3.05, 3.63) is 87.6 Å². The van der Waals surface area contributed by atoms with Crippen molar-refractivity contribution < 1.29 is 9.13 Å². The maximum Gasteiger partial charge on any atom is 0.252 e. The molecule has 2 heterocycles. The zero-order valence-electron chi connectivity index (χ0n) is 15.1. The van der Waals surface area contributed by atoms with Crippen LogP contribution in [0.5, 0.6) is 5.75 Å². The Balaban J connectivity index is 1.44. The fourth-order valence-corrected chi connectivity index (χ4v) is 3.40. The van der Waals surface area contributed by atoms with E-state index >= 15 is 0 Å². The molecule has 0 saturated heterocycles. The number of nitrogens with one attached hydrogen (secondary N) is 2. The summed E-state index contributed by atoms with van der Waals surface area (Å²) < 4.78 is 18.8. The first-order valence-corrected chi connectivity index (χ1v) is 9.05. The number of hydrogen-bond donors (Lipinski definition) is 2. The Morgan fingerprint density at radius 3 is 2.74 bits per heavy atom.